The number of carbonyl (C=O) groups excluding carboxylic acids is 1. The third kappa shape index (κ3) is 1.71. The largest absolute Gasteiger partial charge is 0.545 e. The number of anilines is 1. The standard InChI is InChI=1S/C7H6BrNO2/c8-4-1-2-5(7(10)11)6(9)3-4/h1-3H,9H2,(H,10,11)/p-1. The van der Waals surface area contributed by atoms with Crippen molar-refractivity contribution >= 4 is 27.6 Å². The number of carboxylic acid groups (broad SMARTS) is 1. The van der Waals surface area contributed by atoms with Gasteiger partial charge in [-0.1, -0.05) is 15.9 Å². The Kier molecular flexibility index (Phi) is 2.14. The maximum atomic E-state index is 10.3. The third-order valence-electron chi connectivity index (χ3n) is 1.23. The minimum absolute atomic E-state index is 0.0215. The van der Waals surface area contributed by atoms with E-state index in [1.807, 2.05) is 0 Å². The van der Waals surface area contributed by atoms with Crippen LogP contribution in [0, 0.1) is 0 Å². The second kappa shape index (κ2) is 2.92. The summed E-state index contributed by atoms with van der Waals surface area (Å²) in [6.45, 7) is 0. The molecular weight excluding hydrogens is 210 g/mol. The molecule has 0 spiro atoms. The molecule has 1 aromatic carbocycles. The van der Waals surface area contributed by atoms with Crippen LogP contribution in [-0.4, -0.2) is 5.97 Å². The van der Waals surface area contributed by atoms with Crippen molar-refractivity contribution in [1.82, 2.24) is 0 Å². The molecule has 0 aliphatic heterocycles. The molecule has 0 aromatic heterocycles. The molecule has 0 unspecified atom stereocenters. The Morgan fingerprint density at radius 2 is 2.18 bits per heavy atom. The lowest BCUT2D eigenvalue weighted by Gasteiger charge is -2.05. The molecule has 0 fully saturated rings. The molecule has 0 amide bonds. The number of nitrogens with two attached hydrogens (primary N) is 1. The van der Waals surface area contributed by atoms with Gasteiger partial charge in [0.2, 0.25) is 0 Å². The van der Waals surface area contributed by atoms with Gasteiger partial charge in [-0.15, -0.1) is 0 Å². The zero-order valence-corrected chi connectivity index (χ0v) is 7.09. The summed E-state index contributed by atoms with van der Waals surface area (Å²) >= 11 is 3.15. The Balaban J connectivity index is 3.20. The lowest BCUT2D eigenvalue weighted by atomic mass is 10.2. The molecule has 0 saturated carbocycles. The number of benzene rings is 1. The van der Waals surface area contributed by atoms with Gasteiger partial charge in [-0.2, -0.15) is 0 Å². The van der Waals surface area contributed by atoms with Crippen molar-refractivity contribution in [2.75, 3.05) is 5.73 Å². The second-order valence-electron chi connectivity index (χ2n) is 2.02. The highest BCUT2D eigenvalue weighted by atomic mass is 79.9. The van der Waals surface area contributed by atoms with Gasteiger partial charge >= 0.3 is 0 Å². The van der Waals surface area contributed by atoms with Crippen LogP contribution in [0.5, 0.6) is 0 Å². The number of carboxylic acids is 1. The van der Waals surface area contributed by atoms with Crippen LogP contribution in [0.3, 0.4) is 0 Å². The Hall–Kier alpha value is -1.03. The van der Waals surface area contributed by atoms with Crippen LogP contribution < -0.4 is 10.8 Å². The van der Waals surface area contributed by atoms with Crippen LogP contribution in [0.2, 0.25) is 0 Å². The molecule has 0 saturated heterocycles. The van der Waals surface area contributed by atoms with E-state index < -0.39 is 5.97 Å². The summed E-state index contributed by atoms with van der Waals surface area (Å²) < 4.78 is 0.750. The number of halogens is 1. The third-order valence-corrected chi connectivity index (χ3v) is 1.73. The fourth-order valence-electron chi connectivity index (χ4n) is 0.719. The van der Waals surface area contributed by atoms with E-state index in [0.29, 0.717) is 0 Å². The van der Waals surface area contributed by atoms with Crippen LogP contribution in [0.25, 0.3) is 0 Å². The van der Waals surface area contributed by atoms with E-state index in [4.69, 9.17) is 5.73 Å². The van der Waals surface area contributed by atoms with Crippen LogP contribution in [0.1, 0.15) is 10.4 Å². The highest BCUT2D eigenvalue weighted by Gasteiger charge is 1.98. The SMILES string of the molecule is Nc1cc(Br)ccc1C(=O)[O-]. The van der Waals surface area contributed by atoms with E-state index in [0.717, 1.165) is 4.47 Å². The summed E-state index contributed by atoms with van der Waals surface area (Å²) in [6.07, 6.45) is 0. The fourth-order valence-corrected chi connectivity index (χ4v) is 1.10. The minimum atomic E-state index is -1.25. The first-order valence-corrected chi connectivity index (χ1v) is 3.67. The highest BCUT2D eigenvalue weighted by molar-refractivity contribution is 9.10. The number of nitrogen functional groups attached to an aromatic ring is 1. The minimum Gasteiger partial charge on any atom is -0.545 e. The summed E-state index contributed by atoms with van der Waals surface area (Å²) in [6, 6.07) is 4.52. The zero-order valence-electron chi connectivity index (χ0n) is 5.50. The van der Waals surface area contributed by atoms with Crippen LogP contribution in [-0.2, 0) is 0 Å². The van der Waals surface area contributed by atoms with Crippen molar-refractivity contribution in [3.63, 3.8) is 0 Å². The van der Waals surface area contributed by atoms with Gasteiger partial charge in [0.05, 0.1) is 5.97 Å². The molecule has 11 heavy (non-hydrogen) atoms. The quantitative estimate of drug-likeness (QED) is 0.689. The van der Waals surface area contributed by atoms with Crippen LogP contribution in [0.15, 0.2) is 22.7 Å². The summed E-state index contributed by atoms with van der Waals surface area (Å²) in [4.78, 5) is 10.3. The van der Waals surface area contributed by atoms with Gasteiger partial charge in [-0.3, -0.25) is 0 Å². The van der Waals surface area contributed by atoms with E-state index in [9.17, 15) is 9.90 Å². The van der Waals surface area contributed by atoms with Crippen LogP contribution >= 0.6 is 15.9 Å². The van der Waals surface area contributed by atoms with Gasteiger partial charge in [0.25, 0.3) is 0 Å². The van der Waals surface area contributed by atoms with Crippen molar-refractivity contribution in [2.45, 2.75) is 0 Å². The summed E-state index contributed by atoms with van der Waals surface area (Å²) in [5, 5.41) is 10.3. The number of carbonyl (C=O) groups is 1. The average Bonchev–Trinajstić information content (AvgIpc) is 1.85. The molecule has 4 heteroatoms. The topological polar surface area (TPSA) is 66.2 Å². The Morgan fingerprint density at radius 1 is 1.55 bits per heavy atom. The fraction of sp³-hybridized carbons (Fsp3) is 0. The zero-order chi connectivity index (χ0) is 8.43. The Bertz CT molecular complexity index is 298. The maximum absolute atomic E-state index is 10.3. The van der Waals surface area contributed by atoms with Gasteiger partial charge in [0.1, 0.15) is 0 Å². The number of hydrogen-bond acceptors (Lipinski definition) is 3. The molecule has 0 aliphatic carbocycles. The smallest absolute Gasteiger partial charge is 0.0736 e. The van der Waals surface area contributed by atoms with Gasteiger partial charge in [-0.25, -0.2) is 0 Å². The van der Waals surface area contributed by atoms with Crippen LogP contribution in [0.4, 0.5) is 5.69 Å². The van der Waals surface area contributed by atoms with Gasteiger partial charge < -0.3 is 15.6 Å². The second-order valence-corrected chi connectivity index (χ2v) is 2.93. The predicted octanol–water partition coefficient (Wildman–Crippen LogP) is 0.395. The molecule has 0 radical (unpaired) electrons. The van der Waals surface area contributed by atoms with Gasteiger partial charge in [-0.05, 0) is 18.2 Å². The van der Waals surface area contributed by atoms with Crippen molar-refractivity contribution < 1.29 is 9.90 Å². The first kappa shape index (κ1) is 8.07. The molecule has 58 valence electrons. The molecule has 0 heterocycles. The lowest BCUT2D eigenvalue weighted by molar-refractivity contribution is -0.254. The van der Waals surface area contributed by atoms with Crippen molar-refractivity contribution in [2.24, 2.45) is 0 Å². The van der Waals surface area contributed by atoms with E-state index in [-0.39, 0.29) is 11.3 Å². The van der Waals surface area contributed by atoms with Gasteiger partial charge in [0.15, 0.2) is 0 Å². The summed E-state index contributed by atoms with van der Waals surface area (Å²) in [5.41, 5.74) is 5.60. The number of aromatic carboxylic acids is 1. The monoisotopic (exact) mass is 214 g/mol. The Morgan fingerprint density at radius 3 is 2.64 bits per heavy atom. The Labute approximate surface area is 72.0 Å². The summed E-state index contributed by atoms with van der Waals surface area (Å²) in [5.74, 6) is -1.25. The molecular formula is C7H5BrNO2-. The maximum Gasteiger partial charge on any atom is 0.0736 e. The average molecular weight is 215 g/mol. The van der Waals surface area contributed by atoms with Crippen molar-refractivity contribution in [3.05, 3.63) is 28.2 Å². The molecule has 3 nitrogen and oxygen atoms in total. The summed E-state index contributed by atoms with van der Waals surface area (Å²) in [7, 11) is 0. The van der Waals surface area contributed by atoms with E-state index >= 15 is 0 Å². The van der Waals surface area contributed by atoms with Crippen molar-refractivity contribution in [3.8, 4) is 0 Å². The molecule has 1 aromatic rings. The van der Waals surface area contributed by atoms with E-state index in [1.54, 1.807) is 6.07 Å². The normalized spacial score (nSPS) is 9.55. The number of hydrogen-bond donors (Lipinski definition) is 1. The molecule has 2 N–H and O–H groups in total. The first-order chi connectivity index (χ1) is 5.11. The predicted molar refractivity (Wildman–Crippen MR) is 42.9 cm³/mol. The molecule has 0 aliphatic rings. The molecule has 0 atom stereocenters. The van der Waals surface area contributed by atoms with Gasteiger partial charge in [0, 0.05) is 15.7 Å². The lowest BCUT2D eigenvalue weighted by Crippen LogP contribution is -2.23. The highest BCUT2D eigenvalue weighted by Crippen LogP contribution is 2.17. The number of rotatable bonds is 1. The van der Waals surface area contributed by atoms with E-state index in [1.165, 1.54) is 12.1 Å². The first-order valence-electron chi connectivity index (χ1n) is 2.87. The molecule has 0 bridgehead atoms. The van der Waals surface area contributed by atoms with E-state index in [2.05, 4.69) is 15.9 Å². The molecule has 1 rings (SSSR count). The van der Waals surface area contributed by atoms with Crippen molar-refractivity contribution in [1.29, 1.82) is 0 Å².